The normalized spacial score (nSPS) is 12.3. The van der Waals surface area contributed by atoms with Crippen molar-refractivity contribution in [1.29, 1.82) is 0 Å². The molecule has 1 aromatic rings. The number of amides is 1. The first kappa shape index (κ1) is 15.7. The van der Waals surface area contributed by atoms with E-state index in [0.717, 1.165) is 32.2 Å². The second-order valence-electron chi connectivity index (χ2n) is 4.89. The maximum absolute atomic E-state index is 11.7. The van der Waals surface area contributed by atoms with E-state index in [9.17, 15) is 4.79 Å². The summed E-state index contributed by atoms with van der Waals surface area (Å²) in [6.07, 6.45) is 8.52. The summed E-state index contributed by atoms with van der Waals surface area (Å²) in [7, 11) is 0. The molecule has 0 fully saturated rings. The Kier molecular flexibility index (Phi) is 7.89. The number of hydrogen-bond donors (Lipinski definition) is 2. The van der Waals surface area contributed by atoms with Crippen molar-refractivity contribution in [3.8, 4) is 0 Å². The molecule has 1 heterocycles. The van der Waals surface area contributed by atoms with Crippen molar-refractivity contribution in [2.24, 2.45) is 11.7 Å². The van der Waals surface area contributed by atoms with Gasteiger partial charge in [0.05, 0.1) is 6.54 Å². The highest BCUT2D eigenvalue weighted by Gasteiger charge is 2.09. The van der Waals surface area contributed by atoms with E-state index in [2.05, 4.69) is 17.3 Å². The van der Waals surface area contributed by atoms with Gasteiger partial charge in [-0.3, -0.25) is 9.48 Å². The molecule has 5 heteroatoms. The number of rotatable bonds is 10. The van der Waals surface area contributed by atoms with Crippen LogP contribution in [0.5, 0.6) is 0 Å². The van der Waals surface area contributed by atoms with Gasteiger partial charge in [-0.1, -0.05) is 19.8 Å². The summed E-state index contributed by atoms with van der Waals surface area (Å²) in [5.41, 5.74) is 5.59. The average Bonchev–Trinajstić information content (AvgIpc) is 2.90. The molecule has 0 bridgehead atoms. The molecule has 1 aromatic heterocycles. The molecular formula is C14H26N4O. The van der Waals surface area contributed by atoms with Crippen LogP contribution in [0.1, 0.15) is 39.0 Å². The molecule has 0 spiro atoms. The zero-order chi connectivity index (χ0) is 13.9. The molecule has 0 aliphatic carbocycles. The predicted molar refractivity (Wildman–Crippen MR) is 76.5 cm³/mol. The lowest BCUT2D eigenvalue weighted by molar-refractivity contribution is -0.121. The monoisotopic (exact) mass is 266 g/mol. The molecule has 0 aromatic carbocycles. The van der Waals surface area contributed by atoms with Crippen LogP contribution in [0.2, 0.25) is 0 Å². The number of nitrogens with one attached hydrogen (secondary N) is 1. The van der Waals surface area contributed by atoms with Gasteiger partial charge in [0.15, 0.2) is 0 Å². The maximum atomic E-state index is 11.7. The fourth-order valence-corrected chi connectivity index (χ4v) is 2.24. The number of carbonyl (C=O) groups excluding carboxylic acids is 1. The van der Waals surface area contributed by atoms with E-state index >= 15 is 0 Å². The molecule has 108 valence electrons. The van der Waals surface area contributed by atoms with Crippen LogP contribution in [-0.4, -0.2) is 28.8 Å². The van der Waals surface area contributed by atoms with Crippen molar-refractivity contribution in [2.75, 3.05) is 13.1 Å². The first-order chi connectivity index (χ1) is 9.26. The van der Waals surface area contributed by atoms with E-state index in [1.54, 1.807) is 6.20 Å². The summed E-state index contributed by atoms with van der Waals surface area (Å²) >= 11 is 0. The molecule has 0 aliphatic rings. The van der Waals surface area contributed by atoms with E-state index in [1.165, 1.54) is 0 Å². The predicted octanol–water partition coefficient (Wildman–Crippen LogP) is 1.54. The summed E-state index contributed by atoms with van der Waals surface area (Å²) < 4.78 is 1.81. The lowest BCUT2D eigenvalue weighted by Crippen LogP contribution is -2.27. The van der Waals surface area contributed by atoms with Crippen molar-refractivity contribution < 1.29 is 4.79 Å². The van der Waals surface area contributed by atoms with Crippen molar-refractivity contribution in [2.45, 2.75) is 45.6 Å². The number of carbonyl (C=O) groups is 1. The van der Waals surface area contributed by atoms with Crippen LogP contribution >= 0.6 is 0 Å². The highest BCUT2D eigenvalue weighted by molar-refractivity contribution is 5.75. The Hall–Kier alpha value is -1.36. The summed E-state index contributed by atoms with van der Waals surface area (Å²) in [5, 5.41) is 7.02. The number of nitrogens with two attached hydrogens (primary N) is 1. The van der Waals surface area contributed by atoms with Crippen LogP contribution in [0.3, 0.4) is 0 Å². The van der Waals surface area contributed by atoms with E-state index in [-0.39, 0.29) is 5.91 Å². The molecule has 1 unspecified atom stereocenters. The lowest BCUT2D eigenvalue weighted by Gasteiger charge is -2.14. The molecular weight excluding hydrogens is 240 g/mol. The van der Waals surface area contributed by atoms with Gasteiger partial charge < -0.3 is 11.1 Å². The van der Waals surface area contributed by atoms with E-state index in [4.69, 9.17) is 5.73 Å². The highest BCUT2D eigenvalue weighted by Crippen LogP contribution is 2.16. The van der Waals surface area contributed by atoms with Gasteiger partial charge in [-0.05, 0) is 31.4 Å². The van der Waals surface area contributed by atoms with Crippen LogP contribution in [0.15, 0.2) is 18.5 Å². The Bertz CT molecular complexity index is 331. The van der Waals surface area contributed by atoms with Gasteiger partial charge >= 0.3 is 0 Å². The minimum atomic E-state index is 0.130. The van der Waals surface area contributed by atoms with Crippen molar-refractivity contribution in [1.82, 2.24) is 15.1 Å². The minimum absolute atomic E-state index is 0.130. The first-order valence-electron chi connectivity index (χ1n) is 7.20. The third kappa shape index (κ3) is 6.96. The Morgan fingerprint density at radius 3 is 2.89 bits per heavy atom. The smallest absolute Gasteiger partial charge is 0.220 e. The fraction of sp³-hybridized carbons (Fsp3) is 0.714. The largest absolute Gasteiger partial charge is 0.354 e. The van der Waals surface area contributed by atoms with Gasteiger partial charge in [0.1, 0.15) is 0 Å². The van der Waals surface area contributed by atoms with E-state index < -0.39 is 0 Å². The summed E-state index contributed by atoms with van der Waals surface area (Å²) in [6, 6.07) is 1.88. The van der Waals surface area contributed by atoms with Crippen molar-refractivity contribution >= 4 is 5.91 Å². The summed E-state index contributed by atoms with van der Waals surface area (Å²) in [6.45, 7) is 4.25. The van der Waals surface area contributed by atoms with Crippen LogP contribution in [-0.2, 0) is 11.3 Å². The zero-order valence-electron chi connectivity index (χ0n) is 11.8. The molecule has 5 nitrogen and oxygen atoms in total. The van der Waals surface area contributed by atoms with Crippen molar-refractivity contribution in [3.63, 3.8) is 0 Å². The second-order valence-corrected chi connectivity index (χ2v) is 4.89. The molecule has 19 heavy (non-hydrogen) atoms. The Balaban J connectivity index is 2.12. The maximum Gasteiger partial charge on any atom is 0.220 e. The molecule has 1 amide bonds. The van der Waals surface area contributed by atoms with Crippen LogP contribution < -0.4 is 11.1 Å². The molecule has 0 radical (unpaired) electrons. The average molecular weight is 266 g/mol. The second kappa shape index (κ2) is 9.55. The Morgan fingerprint density at radius 1 is 1.42 bits per heavy atom. The molecule has 1 atom stereocenters. The Morgan fingerprint density at radius 2 is 2.26 bits per heavy atom. The van der Waals surface area contributed by atoms with Gasteiger partial charge in [-0.15, -0.1) is 0 Å². The van der Waals surface area contributed by atoms with Crippen LogP contribution in [0.4, 0.5) is 0 Å². The van der Waals surface area contributed by atoms with Crippen molar-refractivity contribution in [3.05, 3.63) is 18.5 Å². The standard InChI is InChI=1S/C14H26N4O/c1-2-4-13(7-8-15)5-6-14(19)16-10-12-18-11-3-9-17-18/h3,9,11,13H,2,4-8,10,12,15H2,1H3,(H,16,19). The fourth-order valence-electron chi connectivity index (χ4n) is 2.24. The molecule has 3 N–H and O–H groups in total. The quantitative estimate of drug-likeness (QED) is 0.675. The van der Waals surface area contributed by atoms with E-state index in [1.807, 2.05) is 16.9 Å². The highest BCUT2D eigenvalue weighted by atomic mass is 16.1. The number of aromatic nitrogens is 2. The Labute approximate surface area is 115 Å². The topological polar surface area (TPSA) is 72.9 Å². The minimum Gasteiger partial charge on any atom is -0.354 e. The third-order valence-corrected chi connectivity index (χ3v) is 3.27. The molecule has 0 aliphatic heterocycles. The first-order valence-corrected chi connectivity index (χ1v) is 7.20. The van der Waals surface area contributed by atoms with Gasteiger partial charge in [0, 0.05) is 25.4 Å². The van der Waals surface area contributed by atoms with Gasteiger partial charge in [-0.25, -0.2) is 0 Å². The van der Waals surface area contributed by atoms with Gasteiger partial charge in [0.25, 0.3) is 0 Å². The lowest BCUT2D eigenvalue weighted by atomic mass is 9.94. The SMILES string of the molecule is CCCC(CCN)CCC(=O)NCCn1cccn1. The molecule has 0 saturated carbocycles. The van der Waals surface area contributed by atoms with Crippen LogP contribution in [0.25, 0.3) is 0 Å². The van der Waals surface area contributed by atoms with E-state index in [0.29, 0.717) is 25.4 Å². The number of nitrogens with zero attached hydrogens (tertiary/aromatic N) is 2. The summed E-state index contributed by atoms with van der Waals surface area (Å²) in [4.78, 5) is 11.7. The summed E-state index contributed by atoms with van der Waals surface area (Å²) in [5.74, 6) is 0.720. The third-order valence-electron chi connectivity index (χ3n) is 3.27. The van der Waals surface area contributed by atoms with Gasteiger partial charge in [0.2, 0.25) is 5.91 Å². The molecule has 0 saturated heterocycles. The van der Waals surface area contributed by atoms with Gasteiger partial charge in [-0.2, -0.15) is 5.10 Å². The zero-order valence-corrected chi connectivity index (χ0v) is 11.8. The van der Waals surface area contributed by atoms with Crippen LogP contribution in [0, 0.1) is 5.92 Å². The number of hydrogen-bond acceptors (Lipinski definition) is 3. The molecule has 1 rings (SSSR count).